The fraction of sp³-hybridized carbons (Fsp3) is 0.533. The Morgan fingerprint density at radius 3 is 2.29 bits per heavy atom. The number of nitrogens with zero attached hydrogens (tertiary/aromatic N) is 2. The summed E-state index contributed by atoms with van der Waals surface area (Å²) < 4.78 is 9.86. The van der Waals surface area contributed by atoms with E-state index < -0.39 is 11.8 Å². The van der Waals surface area contributed by atoms with Crippen LogP contribution in [0.3, 0.4) is 0 Å². The number of hydrogen-bond acceptors (Lipinski definition) is 6. The second-order valence-electron chi connectivity index (χ2n) is 5.42. The maximum atomic E-state index is 12.3. The summed E-state index contributed by atoms with van der Waals surface area (Å²) >= 11 is 0. The Morgan fingerprint density at radius 1 is 1.14 bits per heavy atom. The van der Waals surface area contributed by atoms with E-state index in [0.29, 0.717) is 0 Å². The molecule has 0 radical (unpaired) electrons. The number of ether oxygens (including phenoxy) is 2. The third kappa shape index (κ3) is 2.10. The number of carbonyl (C=O) groups excluding carboxylic acids is 2. The molecule has 0 aliphatic carbocycles. The van der Waals surface area contributed by atoms with Gasteiger partial charge in [0, 0.05) is 31.0 Å². The predicted molar refractivity (Wildman–Crippen MR) is 73.1 cm³/mol. The molecule has 6 heteroatoms. The molecule has 4 atom stereocenters. The summed E-state index contributed by atoms with van der Waals surface area (Å²) in [7, 11) is 2.72. The van der Waals surface area contributed by atoms with Crippen molar-refractivity contribution >= 4 is 11.9 Å². The maximum absolute atomic E-state index is 12.3. The van der Waals surface area contributed by atoms with Gasteiger partial charge in [-0.25, -0.2) is 0 Å². The quantitative estimate of drug-likeness (QED) is 0.767. The lowest BCUT2D eigenvalue weighted by Crippen LogP contribution is -2.48. The third-order valence-electron chi connectivity index (χ3n) is 4.60. The van der Waals surface area contributed by atoms with Crippen molar-refractivity contribution in [2.75, 3.05) is 20.8 Å². The Morgan fingerprint density at radius 2 is 1.76 bits per heavy atom. The number of methoxy groups -OCH3 is 2. The first-order valence-corrected chi connectivity index (χ1v) is 7.00. The zero-order valence-electron chi connectivity index (χ0n) is 12.1. The van der Waals surface area contributed by atoms with E-state index in [-0.39, 0.29) is 24.0 Å². The van der Waals surface area contributed by atoms with Crippen molar-refractivity contribution in [3.63, 3.8) is 0 Å². The highest BCUT2D eigenvalue weighted by atomic mass is 16.5. The van der Waals surface area contributed by atoms with Crippen LogP contribution < -0.4 is 0 Å². The first-order chi connectivity index (χ1) is 10.2. The molecule has 2 fully saturated rings. The number of pyridine rings is 1. The van der Waals surface area contributed by atoms with Crippen molar-refractivity contribution in [3.8, 4) is 0 Å². The summed E-state index contributed by atoms with van der Waals surface area (Å²) in [5.74, 6) is -1.69. The molecule has 0 spiro atoms. The van der Waals surface area contributed by atoms with E-state index in [1.165, 1.54) is 14.2 Å². The Balaban J connectivity index is 2.01. The predicted octanol–water partition coefficient (Wildman–Crippen LogP) is 0.789. The molecule has 2 saturated heterocycles. The van der Waals surface area contributed by atoms with Crippen LogP contribution in [0.4, 0.5) is 0 Å². The molecule has 112 valence electrons. The molecule has 2 aliphatic heterocycles. The van der Waals surface area contributed by atoms with Crippen LogP contribution in [0.15, 0.2) is 24.5 Å². The SMILES string of the molecule is COC(=O)[C@H]1[C@H](C(=O)OC)[C@@H](c2ccncc2)N2CC[C@H]12. The monoisotopic (exact) mass is 290 g/mol. The standard InChI is InChI=1S/C15H18N2O4/c1-20-14(18)11-10-5-8-17(10)13(12(11)15(19)21-2)9-3-6-16-7-4-9/h3-4,6-7,10-13H,5,8H2,1-2H3/t10-,11-,12+,13-/m1/s1. The number of hydrogen-bond donors (Lipinski definition) is 0. The van der Waals surface area contributed by atoms with Gasteiger partial charge in [-0.1, -0.05) is 0 Å². The molecule has 0 saturated carbocycles. The Hall–Kier alpha value is -1.95. The van der Waals surface area contributed by atoms with Gasteiger partial charge in [0.15, 0.2) is 0 Å². The van der Waals surface area contributed by atoms with Gasteiger partial charge in [0.1, 0.15) is 0 Å². The van der Waals surface area contributed by atoms with Crippen LogP contribution in [0.25, 0.3) is 0 Å². The van der Waals surface area contributed by atoms with Crippen molar-refractivity contribution in [2.45, 2.75) is 18.5 Å². The topological polar surface area (TPSA) is 68.7 Å². The van der Waals surface area contributed by atoms with Crippen molar-refractivity contribution in [1.29, 1.82) is 0 Å². The van der Waals surface area contributed by atoms with E-state index >= 15 is 0 Å². The second kappa shape index (κ2) is 5.44. The number of aromatic nitrogens is 1. The highest BCUT2D eigenvalue weighted by molar-refractivity contribution is 5.84. The van der Waals surface area contributed by atoms with Gasteiger partial charge in [0.25, 0.3) is 0 Å². The van der Waals surface area contributed by atoms with E-state index in [0.717, 1.165) is 18.5 Å². The van der Waals surface area contributed by atoms with Gasteiger partial charge in [0.05, 0.1) is 26.1 Å². The lowest BCUT2D eigenvalue weighted by molar-refractivity contribution is -0.157. The van der Waals surface area contributed by atoms with Crippen LogP contribution in [0.1, 0.15) is 18.0 Å². The van der Waals surface area contributed by atoms with Gasteiger partial charge in [-0.05, 0) is 24.1 Å². The molecule has 3 rings (SSSR count). The zero-order valence-corrected chi connectivity index (χ0v) is 12.1. The molecular weight excluding hydrogens is 272 g/mol. The summed E-state index contributed by atoms with van der Waals surface area (Å²) in [4.78, 5) is 30.6. The minimum absolute atomic E-state index is 0.0553. The average molecular weight is 290 g/mol. The molecule has 0 amide bonds. The lowest BCUT2D eigenvalue weighted by Gasteiger charge is -2.40. The summed E-state index contributed by atoms with van der Waals surface area (Å²) in [5, 5.41) is 0. The van der Waals surface area contributed by atoms with Crippen LogP contribution in [-0.2, 0) is 19.1 Å². The number of carbonyl (C=O) groups is 2. The van der Waals surface area contributed by atoms with Crippen molar-refractivity contribution in [2.24, 2.45) is 11.8 Å². The van der Waals surface area contributed by atoms with E-state index in [1.807, 2.05) is 12.1 Å². The molecular formula is C15H18N2O4. The molecule has 0 aromatic carbocycles. The maximum Gasteiger partial charge on any atom is 0.311 e. The molecule has 1 aromatic rings. The first-order valence-electron chi connectivity index (χ1n) is 7.00. The van der Waals surface area contributed by atoms with Gasteiger partial charge >= 0.3 is 11.9 Å². The molecule has 0 unspecified atom stereocenters. The number of fused-ring (bicyclic) bond motifs is 1. The highest BCUT2D eigenvalue weighted by Gasteiger charge is 2.59. The number of rotatable bonds is 3. The van der Waals surface area contributed by atoms with E-state index in [2.05, 4.69) is 9.88 Å². The molecule has 1 aromatic heterocycles. The van der Waals surface area contributed by atoms with Crippen LogP contribution >= 0.6 is 0 Å². The smallest absolute Gasteiger partial charge is 0.311 e. The summed E-state index contributed by atoms with van der Waals surface area (Å²) in [6, 6.07) is 3.67. The van der Waals surface area contributed by atoms with Crippen LogP contribution in [0.2, 0.25) is 0 Å². The molecule has 2 aliphatic rings. The normalized spacial score (nSPS) is 31.1. The summed E-state index contributed by atoms with van der Waals surface area (Å²) in [6.45, 7) is 0.874. The Bertz CT molecular complexity index is 548. The first kappa shape index (κ1) is 14.0. The van der Waals surface area contributed by atoms with Crippen LogP contribution in [-0.4, -0.2) is 48.6 Å². The second-order valence-corrected chi connectivity index (χ2v) is 5.42. The molecule has 0 N–H and O–H groups in total. The molecule has 3 heterocycles. The summed E-state index contributed by atoms with van der Waals surface area (Å²) in [6.07, 6.45) is 4.29. The van der Waals surface area contributed by atoms with Crippen molar-refractivity contribution < 1.29 is 19.1 Å². The molecule has 21 heavy (non-hydrogen) atoms. The van der Waals surface area contributed by atoms with Crippen LogP contribution in [0, 0.1) is 11.8 Å². The fourth-order valence-electron chi connectivity index (χ4n) is 3.61. The Labute approximate surface area is 123 Å². The largest absolute Gasteiger partial charge is 0.469 e. The lowest BCUT2D eigenvalue weighted by atomic mass is 9.84. The van der Waals surface area contributed by atoms with E-state index in [9.17, 15) is 9.59 Å². The third-order valence-corrected chi connectivity index (χ3v) is 4.60. The molecule has 0 bridgehead atoms. The number of esters is 2. The fourth-order valence-corrected chi connectivity index (χ4v) is 3.61. The van der Waals surface area contributed by atoms with Gasteiger partial charge in [0.2, 0.25) is 0 Å². The van der Waals surface area contributed by atoms with Crippen LogP contribution in [0.5, 0.6) is 0 Å². The van der Waals surface area contributed by atoms with Gasteiger partial charge in [-0.3, -0.25) is 19.5 Å². The van der Waals surface area contributed by atoms with Gasteiger partial charge < -0.3 is 9.47 Å². The highest BCUT2D eigenvalue weighted by Crippen LogP contribution is 2.51. The minimum atomic E-state index is -0.530. The average Bonchev–Trinajstić information content (AvgIpc) is 2.74. The van der Waals surface area contributed by atoms with Gasteiger partial charge in [-0.2, -0.15) is 0 Å². The van der Waals surface area contributed by atoms with E-state index in [4.69, 9.17) is 9.47 Å². The zero-order chi connectivity index (χ0) is 15.0. The van der Waals surface area contributed by atoms with Gasteiger partial charge in [-0.15, -0.1) is 0 Å². The Kier molecular flexibility index (Phi) is 3.63. The molecule has 6 nitrogen and oxygen atoms in total. The van der Waals surface area contributed by atoms with Crippen molar-refractivity contribution in [1.82, 2.24) is 9.88 Å². The van der Waals surface area contributed by atoms with E-state index in [1.54, 1.807) is 12.4 Å². The minimum Gasteiger partial charge on any atom is -0.469 e. The summed E-state index contributed by atoms with van der Waals surface area (Å²) in [5.41, 5.74) is 0.983. The van der Waals surface area contributed by atoms with Crippen molar-refractivity contribution in [3.05, 3.63) is 30.1 Å².